The van der Waals surface area contributed by atoms with Gasteiger partial charge in [-0.1, -0.05) is 30.3 Å². The Morgan fingerprint density at radius 3 is 2.38 bits per heavy atom. The number of carbonyl (C=O) groups excluding carboxylic acids is 1. The number of aryl methyl sites for hydroxylation is 2. The SMILES string of the molecule is CCOc1ccc([C@H](C)NC(=O)c2ccc(C)c(S(=O)(=O)Nc3cccc(C)c3)c2)cc1. The zero-order valence-corrected chi connectivity index (χ0v) is 19.5. The molecule has 0 aliphatic carbocycles. The third-order valence-corrected chi connectivity index (χ3v) is 6.57. The van der Waals surface area contributed by atoms with Crippen LogP contribution >= 0.6 is 0 Å². The first-order chi connectivity index (χ1) is 15.2. The first kappa shape index (κ1) is 23.3. The molecule has 0 saturated heterocycles. The fourth-order valence-electron chi connectivity index (χ4n) is 3.33. The number of benzene rings is 3. The third-order valence-electron chi connectivity index (χ3n) is 5.05. The maximum Gasteiger partial charge on any atom is 0.262 e. The zero-order chi connectivity index (χ0) is 23.3. The lowest BCUT2D eigenvalue weighted by atomic mass is 10.1. The van der Waals surface area contributed by atoms with Crippen molar-refractivity contribution in [1.29, 1.82) is 0 Å². The number of amides is 1. The lowest BCUT2D eigenvalue weighted by Gasteiger charge is -2.16. The topological polar surface area (TPSA) is 84.5 Å². The summed E-state index contributed by atoms with van der Waals surface area (Å²) in [6.45, 7) is 7.97. The van der Waals surface area contributed by atoms with Crippen LogP contribution in [0.4, 0.5) is 5.69 Å². The van der Waals surface area contributed by atoms with Gasteiger partial charge in [-0.25, -0.2) is 8.42 Å². The maximum absolute atomic E-state index is 13.0. The van der Waals surface area contributed by atoms with Crippen molar-refractivity contribution in [1.82, 2.24) is 5.32 Å². The highest BCUT2D eigenvalue weighted by atomic mass is 32.2. The fourth-order valence-corrected chi connectivity index (χ4v) is 4.65. The van der Waals surface area contributed by atoms with Crippen LogP contribution in [0.2, 0.25) is 0 Å². The molecule has 0 spiro atoms. The van der Waals surface area contributed by atoms with Crippen molar-refractivity contribution in [3.63, 3.8) is 0 Å². The van der Waals surface area contributed by atoms with Crippen molar-refractivity contribution in [3.05, 3.63) is 89.0 Å². The summed E-state index contributed by atoms with van der Waals surface area (Å²) < 4.78 is 34.0. The highest BCUT2D eigenvalue weighted by Crippen LogP contribution is 2.23. The average molecular weight is 453 g/mol. The van der Waals surface area contributed by atoms with E-state index in [0.717, 1.165) is 16.9 Å². The van der Waals surface area contributed by atoms with E-state index in [9.17, 15) is 13.2 Å². The molecule has 1 atom stereocenters. The summed E-state index contributed by atoms with van der Waals surface area (Å²) in [4.78, 5) is 12.9. The molecular weight excluding hydrogens is 424 g/mol. The minimum Gasteiger partial charge on any atom is -0.494 e. The Morgan fingerprint density at radius 1 is 1.00 bits per heavy atom. The Kier molecular flexibility index (Phi) is 7.20. The van der Waals surface area contributed by atoms with Gasteiger partial charge in [0, 0.05) is 11.3 Å². The summed E-state index contributed by atoms with van der Waals surface area (Å²) in [5, 5.41) is 2.92. The Balaban J connectivity index is 1.78. The number of nitrogens with one attached hydrogen (secondary N) is 2. The van der Waals surface area contributed by atoms with Crippen LogP contribution in [0.5, 0.6) is 5.75 Å². The molecule has 0 heterocycles. The van der Waals surface area contributed by atoms with Crippen molar-refractivity contribution >= 4 is 21.6 Å². The molecule has 0 radical (unpaired) electrons. The molecule has 0 fully saturated rings. The van der Waals surface area contributed by atoms with Crippen LogP contribution in [-0.4, -0.2) is 20.9 Å². The fraction of sp³-hybridized carbons (Fsp3) is 0.240. The van der Waals surface area contributed by atoms with Crippen molar-refractivity contribution in [2.24, 2.45) is 0 Å². The number of ether oxygens (including phenoxy) is 1. The van der Waals surface area contributed by atoms with E-state index in [1.165, 1.54) is 6.07 Å². The van der Waals surface area contributed by atoms with Crippen LogP contribution in [0.25, 0.3) is 0 Å². The second-order valence-corrected chi connectivity index (χ2v) is 9.30. The summed E-state index contributed by atoms with van der Waals surface area (Å²) >= 11 is 0. The molecule has 0 unspecified atom stereocenters. The minimum atomic E-state index is -3.85. The van der Waals surface area contributed by atoms with Crippen LogP contribution in [-0.2, 0) is 10.0 Å². The van der Waals surface area contributed by atoms with E-state index in [4.69, 9.17) is 4.74 Å². The zero-order valence-electron chi connectivity index (χ0n) is 18.7. The van der Waals surface area contributed by atoms with Gasteiger partial charge in [0.25, 0.3) is 15.9 Å². The summed E-state index contributed by atoms with van der Waals surface area (Å²) in [5.74, 6) is 0.419. The molecule has 0 aromatic heterocycles. The predicted molar refractivity (Wildman–Crippen MR) is 127 cm³/mol. The van der Waals surface area contributed by atoms with Gasteiger partial charge >= 0.3 is 0 Å². The molecule has 3 aromatic rings. The lowest BCUT2D eigenvalue weighted by molar-refractivity contribution is 0.0939. The van der Waals surface area contributed by atoms with Crippen molar-refractivity contribution < 1.29 is 17.9 Å². The van der Waals surface area contributed by atoms with Gasteiger partial charge in [-0.2, -0.15) is 0 Å². The van der Waals surface area contributed by atoms with Gasteiger partial charge in [-0.05, 0) is 80.8 Å². The number of hydrogen-bond acceptors (Lipinski definition) is 4. The molecule has 0 bridgehead atoms. The number of carbonyl (C=O) groups is 1. The monoisotopic (exact) mass is 452 g/mol. The van der Waals surface area contributed by atoms with Crippen LogP contribution in [0.1, 0.15) is 46.9 Å². The van der Waals surface area contributed by atoms with Crippen molar-refractivity contribution in [3.8, 4) is 5.75 Å². The molecule has 3 rings (SSSR count). The second-order valence-electron chi connectivity index (χ2n) is 7.65. The van der Waals surface area contributed by atoms with Crippen LogP contribution in [0, 0.1) is 13.8 Å². The molecule has 2 N–H and O–H groups in total. The molecule has 1 amide bonds. The molecule has 168 valence electrons. The quantitative estimate of drug-likeness (QED) is 0.504. The van der Waals surface area contributed by atoms with E-state index in [1.807, 2.05) is 51.1 Å². The van der Waals surface area contributed by atoms with E-state index < -0.39 is 10.0 Å². The normalized spacial score (nSPS) is 12.1. The number of sulfonamides is 1. The van der Waals surface area contributed by atoms with Gasteiger partial charge in [-0.15, -0.1) is 0 Å². The van der Waals surface area contributed by atoms with E-state index in [-0.39, 0.29) is 22.4 Å². The van der Waals surface area contributed by atoms with Crippen LogP contribution in [0.15, 0.2) is 71.6 Å². The minimum absolute atomic E-state index is 0.0698. The van der Waals surface area contributed by atoms with E-state index in [0.29, 0.717) is 17.9 Å². The van der Waals surface area contributed by atoms with E-state index in [2.05, 4.69) is 10.0 Å². The smallest absolute Gasteiger partial charge is 0.262 e. The number of rotatable bonds is 8. The van der Waals surface area contributed by atoms with Gasteiger partial charge in [-0.3, -0.25) is 9.52 Å². The highest BCUT2D eigenvalue weighted by molar-refractivity contribution is 7.92. The molecule has 0 aliphatic heterocycles. The molecule has 6 nitrogen and oxygen atoms in total. The summed E-state index contributed by atoms with van der Waals surface area (Å²) in [6, 6.07) is 19.0. The predicted octanol–water partition coefficient (Wildman–Crippen LogP) is 4.99. The van der Waals surface area contributed by atoms with Gasteiger partial charge in [0.15, 0.2) is 0 Å². The standard InChI is InChI=1S/C25H28N2O4S/c1-5-31-23-13-11-20(12-14-23)19(4)26-25(28)21-10-9-18(3)24(16-21)32(29,30)27-22-8-6-7-17(2)15-22/h6-16,19,27H,5H2,1-4H3,(H,26,28)/t19-/m0/s1. The molecule has 3 aromatic carbocycles. The molecular formula is C25H28N2O4S. The van der Waals surface area contributed by atoms with Gasteiger partial charge in [0.2, 0.25) is 0 Å². The molecule has 0 saturated carbocycles. The van der Waals surface area contributed by atoms with Crippen molar-refractivity contribution in [2.45, 2.75) is 38.6 Å². The molecule has 32 heavy (non-hydrogen) atoms. The van der Waals surface area contributed by atoms with Gasteiger partial charge < -0.3 is 10.1 Å². The first-order valence-electron chi connectivity index (χ1n) is 10.4. The Bertz CT molecular complexity index is 1200. The first-order valence-corrected chi connectivity index (χ1v) is 11.9. The molecule has 7 heteroatoms. The Hall–Kier alpha value is -3.32. The number of anilines is 1. The Labute approximate surface area is 189 Å². The van der Waals surface area contributed by atoms with Crippen LogP contribution < -0.4 is 14.8 Å². The number of hydrogen-bond donors (Lipinski definition) is 2. The third kappa shape index (κ3) is 5.68. The Morgan fingerprint density at radius 2 is 1.72 bits per heavy atom. The summed E-state index contributed by atoms with van der Waals surface area (Å²) in [7, 11) is -3.85. The van der Waals surface area contributed by atoms with Gasteiger partial charge in [0.1, 0.15) is 5.75 Å². The second kappa shape index (κ2) is 9.87. The largest absolute Gasteiger partial charge is 0.494 e. The summed E-state index contributed by atoms with van der Waals surface area (Å²) in [5.41, 5.74) is 3.17. The van der Waals surface area contributed by atoms with E-state index in [1.54, 1.807) is 37.3 Å². The van der Waals surface area contributed by atoms with Gasteiger partial charge in [0.05, 0.1) is 17.5 Å². The maximum atomic E-state index is 13.0. The average Bonchev–Trinajstić information content (AvgIpc) is 2.74. The van der Waals surface area contributed by atoms with Crippen LogP contribution in [0.3, 0.4) is 0 Å². The molecule has 0 aliphatic rings. The van der Waals surface area contributed by atoms with Crippen molar-refractivity contribution in [2.75, 3.05) is 11.3 Å². The van der Waals surface area contributed by atoms with E-state index >= 15 is 0 Å². The summed E-state index contributed by atoms with van der Waals surface area (Å²) in [6.07, 6.45) is 0. The highest BCUT2D eigenvalue weighted by Gasteiger charge is 2.20. The lowest BCUT2D eigenvalue weighted by Crippen LogP contribution is -2.27.